The maximum Gasteiger partial charge on any atom is 0.393 e. The first-order valence-corrected chi connectivity index (χ1v) is 13.1. The van der Waals surface area contributed by atoms with Gasteiger partial charge in [-0.3, -0.25) is 4.79 Å². The molecule has 0 radical (unpaired) electrons. The van der Waals surface area contributed by atoms with Gasteiger partial charge in [-0.25, -0.2) is 9.07 Å². The lowest BCUT2D eigenvalue weighted by Crippen LogP contribution is -2.45. The SMILES string of the molecule is CC(CNC(=O)c1ccccc1CC[C@]1(O)CCC2=Cc3c(cnn3-c3ccc(F)cc3)C[C@@]21C)C(F)(F)F. The first kappa shape index (κ1) is 27.1. The van der Waals surface area contributed by atoms with Gasteiger partial charge in [0.2, 0.25) is 0 Å². The second kappa shape index (κ2) is 9.93. The second-order valence-electron chi connectivity index (χ2n) is 11.0. The van der Waals surface area contributed by atoms with Crippen molar-refractivity contribution in [3.8, 4) is 5.69 Å². The Morgan fingerprint density at radius 2 is 1.90 bits per heavy atom. The van der Waals surface area contributed by atoms with Crippen LogP contribution in [-0.4, -0.2) is 39.1 Å². The van der Waals surface area contributed by atoms with E-state index in [-0.39, 0.29) is 5.82 Å². The fraction of sp³-hybridized carbons (Fsp3) is 0.400. The van der Waals surface area contributed by atoms with Crippen LogP contribution in [0.2, 0.25) is 0 Å². The minimum absolute atomic E-state index is 0.318. The van der Waals surface area contributed by atoms with Crippen LogP contribution in [0.15, 0.2) is 60.3 Å². The minimum Gasteiger partial charge on any atom is -0.389 e. The number of aryl methyl sites for hydroxylation is 1. The predicted octanol–water partition coefficient (Wildman–Crippen LogP) is 6.04. The largest absolute Gasteiger partial charge is 0.393 e. The Labute approximate surface area is 224 Å². The summed E-state index contributed by atoms with van der Waals surface area (Å²) >= 11 is 0. The summed E-state index contributed by atoms with van der Waals surface area (Å²) in [5, 5.41) is 18.9. The summed E-state index contributed by atoms with van der Waals surface area (Å²) in [7, 11) is 0. The number of benzene rings is 2. The Balaban J connectivity index is 1.33. The molecule has 0 saturated heterocycles. The van der Waals surface area contributed by atoms with E-state index in [0.29, 0.717) is 43.2 Å². The van der Waals surface area contributed by atoms with Crippen molar-refractivity contribution >= 4 is 12.0 Å². The van der Waals surface area contributed by atoms with Gasteiger partial charge in [-0.2, -0.15) is 18.3 Å². The van der Waals surface area contributed by atoms with Crippen LogP contribution < -0.4 is 5.32 Å². The van der Waals surface area contributed by atoms with Gasteiger partial charge in [-0.15, -0.1) is 0 Å². The number of aliphatic hydroxyl groups is 1. The first-order chi connectivity index (χ1) is 18.4. The van der Waals surface area contributed by atoms with Gasteiger partial charge in [-0.1, -0.05) is 37.6 Å². The molecule has 5 rings (SSSR count). The summed E-state index contributed by atoms with van der Waals surface area (Å²) in [6, 6.07) is 13.0. The Kier molecular flexibility index (Phi) is 6.91. The molecule has 2 aliphatic rings. The first-order valence-electron chi connectivity index (χ1n) is 13.1. The van der Waals surface area contributed by atoms with Crippen molar-refractivity contribution in [1.82, 2.24) is 15.1 Å². The number of hydrogen-bond donors (Lipinski definition) is 2. The van der Waals surface area contributed by atoms with E-state index >= 15 is 0 Å². The topological polar surface area (TPSA) is 67.2 Å². The number of amides is 1. The molecule has 1 saturated carbocycles. The summed E-state index contributed by atoms with van der Waals surface area (Å²) < 4.78 is 53.9. The summed E-state index contributed by atoms with van der Waals surface area (Å²) in [6.07, 6.45) is 2.14. The van der Waals surface area contributed by atoms with Crippen LogP contribution in [0.1, 0.15) is 60.3 Å². The molecule has 5 nitrogen and oxygen atoms in total. The van der Waals surface area contributed by atoms with Crippen molar-refractivity contribution in [3.63, 3.8) is 0 Å². The van der Waals surface area contributed by atoms with Gasteiger partial charge in [0.15, 0.2) is 0 Å². The molecule has 1 heterocycles. The molecule has 9 heteroatoms. The van der Waals surface area contributed by atoms with Gasteiger partial charge < -0.3 is 10.4 Å². The molecule has 1 unspecified atom stereocenters. The summed E-state index contributed by atoms with van der Waals surface area (Å²) in [4.78, 5) is 12.8. The smallest absolute Gasteiger partial charge is 0.389 e. The zero-order valence-corrected chi connectivity index (χ0v) is 21.9. The van der Waals surface area contributed by atoms with Crippen LogP contribution in [-0.2, 0) is 12.8 Å². The third-order valence-electron chi connectivity index (χ3n) is 8.55. The molecular formula is C30H31F4N3O2. The van der Waals surface area contributed by atoms with Crippen LogP contribution in [0.25, 0.3) is 11.8 Å². The molecule has 0 bridgehead atoms. The van der Waals surface area contributed by atoms with Gasteiger partial charge >= 0.3 is 6.18 Å². The number of hydrogen-bond acceptors (Lipinski definition) is 3. The number of halogens is 4. The standard InChI is InChI=1S/C30H31F4N3O2/c1-19(30(32,33)34)17-35-27(38)25-6-4-3-5-20(25)11-13-29(39)14-12-22-15-26-21(16-28(22,29)2)18-36-37(26)24-9-7-23(31)8-10-24/h3-10,15,18-19,39H,11-14,16-17H2,1-2H3,(H,35,38)/t19?,28-,29-/m0/s1. The highest BCUT2D eigenvalue weighted by atomic mass is 19.4. The van der Waals surface area contributed by atoms with Gasteiger partial charge in [0.25, 0.3) is 5.91 Å². The van der Waals surface area contributed by atoms with E-state index in [4.69, 9.17) is 0 Å². The van der Waals surface area contributed by atoms with Crippen molar-refractivity contribution < 1.29 is 27.5 Å². The quantitative estimate of drug-likeness (QED) is 0.358. The highest BCUT2D eigenvalue weighted by molar-refractivity contribution is 5.95. The number of fused-ring (bicyclic) bond motifs is 2. The normalized spacial score (nSPS) is 23.1. The lowest BCUT2D eigenvalue weighted by atomic mass is 9.65. The molecule has 3 aromatic rings. The third kappa shape index (κ3) is 5.00. The zero-order valence-electron chi connectivity index (χ0n) is 21.9. The Morgan fingerprint density at radius 1 is 1.18 bits per heavy atom. The van der Waals surface area contributed by atoms with Crippen molar-refractivity contribution in [3.05, 3.63) is 88.5 Å². The predicted molar refractivity (Wildman–Crippen MR) is 140 cm³/mol. The minimum atomic E-state index is -4.38. The molecule has 39 heavy (non-hydrogen) atoms. The molecule has 1 aromatic heterocycles. The van der Waals surface area contributed by atoms with E-state index in [0.717, 1.165) is 29.4 Å². The van der Waals surface area contributed by atoms with E-state index in [2.05, 4.69) is 23.4 Å². The summed E-state index contributed by atoms with van der Waals surface area (Å²) in [5.41, 5.74) is 3.22. The van der Waals surface area contributed by atoms with Crippen molar-refractivity contribution in [2.24, 2.45) is 11.3 Å². The lowest BCUT2D eigenvalue weighted by Gasteiger charge is -2.42. The Morgan fingerprint density at radius 3 is 2.62 bits per heavy atom. The number of aromatic nitrogens is 2. The molecule has 0 spiro atoms. The highest BCUT2D eigenvalue weighted by Gasteiger charge is 2.54. The lowest BCUT2D eigenvalue weighted by molar-refractivity contribution is -0.167. The van der Waals surface area contributed by atoms with E-state index in [1.54, 1.807) is 47.3 Å². The van der Waals surface area contributed by atoms with E-state index < -0.39 is 35.6 Å². The molecule has 206 valence electrons. The van der Waals surface area contributed by atoms with Gasteiger partial charge in [0.05, 0.1) is 29.1 Å². The number of carbonyl (C=O) groups excluding carboxylic acids is 1. The highest BCUT2D eigenvalue weighted by Crippen LogP contribution is 2.56. The van der Waals surface area contributed by atoms with Gasteiger partial charge in [-0.05, 0) is 79.6 Å². The Hall–Kier alpha value is -3.46. The summed E-state index contributed by atoms with van der Waals surface area (Å²) in [6.45, 7) is 2.59. The van der Waals surface area contributed by atoms with E-state index in [1.165, 1.54) is 12.1 Å². The molecule has 2 N–H and O–H groups in total. The molecule has 2 aliphatic carbocycles. The number of nitrogens with one attached hydrogen (secondary N) is 1. The third-order valence-corrected chi connectivity index (χ3v) is 8.55. The van der Waals surface area contributed by atoms with Crippen LogP contribution in [0.4, 0.5) is 17.6 Å². The molecule has 3 atom stereocenters. The fourth-order valence-electron chi connectivity index (χ4n) is 5.88. The number of nitrogens with zero attached hydrogens (tertiary/aromatic N) is 2. The number of carbonyl (C=O) groups is 1. The Bertz CT molecular complexity index is 1410. The number of rotatable bonds is 7. The second-order valence-corrected chi connectivity index (χ2v) is 11.0. The molecule has 0 aliphatic heterocycles. The van der Waals surface area contributed by atoms with Gasteiger partial charge in [0, 0.05) is 17.5 Å². The van der Waals surface area contributed by atoms with Gasteiger partial charge in [0.1, 0.15) is 5.82 Å². The molecule has 2 aromatic carbocycles. The van der Waals surface area contributed by atoms with Crippen LogP contribution in [0, 0.1) is 17.2 Å². The average Bonchev–Trinajstić information content (AvgIpc) is 3.42. The molecule has 1 fully saturated rings. The fourth-order valence-corrected chi connectivity index (χ4v) is 5.88. The number of alkyl halides is 3. The van der Waals surface area contributed by atoms with Crippen molar-refractivity contribution in [1.29, 1.82) is 0 Å². The zero-order chi connectivity index (χ0) is 28.0. The van der Waals surface area contributed by atoms with Crippen LogP contribution >= 0.6 is 0 Å². The maximum absolute atomic E-state index is 13.4. The summed E-state index contributed by atoms with van der Waals surface area (Å²) in [5.74, 6) is -2.52. The molecular weight excluding hydrogens is 510 g/mol. The van der Waals surface area contributed by atoms with Crippen molar-refractivity contribution in [2.45, 2.75) is 57.7 Å². The molecule has 1 amide bonds. The van der Waals surface area contributed by atoms with E-state index in [9.17, 15) is 27.5 Å². The van der Waals surface area contributed by atoms with E-state index in [1.807, 2.05) is 0 Å². The van der Waals surface area contributed by atoms with Crippen molar-refractivity contribution in [2.75, 3.05) is 6.54 Å². The average molecular weight is 542 g/mol. The van der Waals surface area contributed by atoms with Crippen LogP contribution in [0.5, 0.6) is 0 Å². The maximum atomic E-state index is 13.4. The van der Waals surface area contributed by atoms with Crippen LogP contribution in [0.3, 0.4) is 0 Å². The monoisotopic (exact) mass is 541 g/mol.